The molecule has 1 saturated carbocycles. The van der Waals surface area contributed by atoms with E-state index in [1.807, 2.05) is 13.0 Å². The number of hydrogen-bond acceptors (Lipinski definition) is 0. The van der Waals surface area contributed by atoms with E-state index in [-0.39, 0.29) is 0 Å². The van der Waals surface area contributed by atoms with E-state index in [0.717, 1.165) is 64.6 Å². The Bertz CT molecular complexity index is 1210. The van der Waals surface area contributed by atoms with Crippen LogP contribution in [0.2, 0.25) is 0 Å². The van der Waals surface area contributed by atoms with Crippen LogP contribution in [0.4, 0.5) is 0 Å². The summed E-state index contributed by atoms with van der Waals surface area (Å²) in [5.74, 6) is 5.61. The molecule has 0 amide bonds. The lowest BCUT2D eigenvalue weighted by molar-refractivity contribution is 0.443. The molecule has 0 N–H and O–H groups in total. The Morgan fingerprint density at radius 3 is 2.20 bits per heavy atom. The highest BCUT2D eigenvalue weighted by molar-refractivity contribution is 5.75. The van der Waals surface area contributed by atoms with Gasteiger partial charge in [0, 0.05) is 6.93 Å². The maximum absolute atomic E-state index is 9.12. The summed E-state index contributed by atoms with van der Waals surface area (Å²) < 4.78 is 9.12. The molecule has 0 heterocycles. The van der Waals surface area contributed by atoms with Crippen molar-refractivity contribution < 1.29 is 1.37 Å². The maximum atomic E-state index is 9.12. The lowest BCUT2D eigenvalue weighted by Gasteiger charge is -2.22. The van der Waals surface area contributed by atoms with Gasteiger partial charge in [-0.15, -0.1) is 5.92 Å². The number of rotatable bonds is 3. The van der Waals surface area contributed by atoms with Crippen LogP contribution in [0.15, 0.2) is 66.7 Å². The Morgan fingerprint density at radius 2 is 1.47 bits per heavy atom. The van der Waals surface area contributed by atoms with E-state index in [1.54, 1.807) is 7.05 Å². The van der Waals surface area contributed by atoms with Crippen LogP contribution in [-0.2, 0) is 0 Å². The fourth-order valence-electron chi connectivity index (χ4n) is 4.26. The van der Waals surface area contributed by atoms with Crippen molar-refractivity contribution in [1.82, 2.24) is 0 Å². The number of nitrogens with zero attached hydrogens (tertiary/aromatic N) is 1. The molecule has 0 aliphatic heterocycles. The largest absolute Gasteiger partial charge is 0.310 e. The molecular formula is C29H28N+. The Morgan fingerprint density at radius 1 is 0.800 bits per heavy atom. The third-order valence-corrected chi connectivity index (χ3v) is 5.70. The molecule has 1 aliphatic rings. The predicted molar refractivity (Wildman–Crippen MR) is 128 cm³/mol. The van der Waals surface area contributed by atoms with Gasteiger partial charge in [0.25, 0.3) is 7.05 Å². The van der Waals surface area contributed by atoms with Crippen LogP contribution in [0.3, 0.4) is 0 Å². The van der Waals surface area contributed by atoms with Crippen molar-refractivity contribution in [1.29, 1.82) is 0 Å². The van der Waals surface area contributed by atoms with E-state index in [0.29, 0.717) is 0 Å². The predicted octanol–water partition coefficient (Wildman–Crippen LogP) is 7.75. The fourth-order valence-corrected chi connectivity index (χ4v) is 4.26. The van der Waals surface area contributed by atoms with Crippen LogP contribution in [0.5, 0.6) is 0 Å². The Hall–Kier alpha value is -3.29. The van der Waals surface area contributed by atoms with Gasteiger partial charge >= 0.3 is 6.07 Å². The second-order valence-electron chi connectivity index (χ2n) is 7.84. The summed E-state index contributed by atoms with van der Waals surface area (Å²) in [5.41, 5.74) is 7.63. The van der Waals surface area contributed by atoms with Crippen molar-refractivity contribution >= 4 is 0 Å². The smallest absolute Gasteiger partial charge is 0.101 e. The summed E-state index contributed by atoms with van der Waals surface area (Å²) in [7, 11) is 1.75. The van der Waals surface area contributed by atoms with Gasteiger partial charge in [0.1, 0.15) is 5.56 Å². The lowest BCUT2D eigenvalue weighted by atomic mass is 9.82. The van der Waals surface area contributed by atoms with Gasteiger partial charge < -0.3 is 0 Å². The zero-order valence-electron chi connectivity index (χ0n) is 18.8. The fraction of sp³-hybridized carbons (Fsp3) is 0.276. The highest BCUT2D eigenvalue weighted by Gasteiger charge is 2.17. The highest BCUT2D eigenvalue weighted by Crippen LogP contribution is 2.36. The summed E-state index contributed by atoms with van der Waals surface area (Å²) in [6.45, 7) is 1.86. The normalized spacial score (nSPS) is 15.2. The van der Waals surface area contributed by atoms with Crippen LogP contribution in [0.1, 0.15) is 63.0 Å². The molecule has 0 bridgehead atoms. The molecule has 1 nitrogen and oxygen atoms in total. The van der Waals surface area contributed by atoms with E-state index in [2.05, 4.69) is 83.4 Å². The quantitative estimate of drug-likeness (QED) is 0.402. The van der Waals surface area contributed by atoms with Gasteiger partial charge in [-0.2, -0.15) is 0 Å². The summed E-state index contributed by atoms with van der Waals surface area (Å²) in [5, 5.41) is 0. The van der Waals surface area contributed by atoms with E-state index in [9.17, 15) is 0 Å². The molecule has 0 unspecified atom stereocenters. The van der Waals surface area contributed by atoms with Crippen LogP contribution in [-0.4, -0.2) is 7.05 Å². The van der Waals surface area contributed by atoms with Gasteiger partial charge in [0.05, 0.1) is 0 Å². The zero-order chi connectivity index (χ0) is 21.7. The van der Waals surface area contributed by atoms with Crippen molar-refractivity contribution in [3.05, 3.63) is 88.3 Å². The van der Waals surface area contributed by atoms with Gasteiger partial charge in [0.15, 0.2) is 0 Å². The number of hydrogen-bond donors (Lipinski definition) is 0. The highest BCUT2D eigenvalue weighted by atomic mass is 14.6. The summed E-state index contributed by atoms with van der Waals surface area (Å²) in [6, 6.07) is 26.5. The van der Waals surface area contributed by atoms with Gasteiger partial charge in [-0.1, -0.05) is 66.4 Å². The SMILES string of the molecule is [2H]C1(c2cc(C#[N+]C)cc(-c3cccc(-c4cccc(C#CC)c4)c3)c2)CCCCC1. The molecule has 1 fully saturated rings. The van der Waals surface area contributed by atoms with Crippen molar-refractivity contribution in [2.24, 2.45) is 0 Å². The average molecular weight is 392 g/mol. The second kappa shape index (κ2) is 9.47. The Labute approximate surface area is 182 Å². The molecule has 3 aromatic carbocycles. The number of benzene rings is 3. The second-order valence-corrected chi connectivity index (χ2v) is 7.84. The molecule has 1 aliphatic carbocycles. The summed E-state index contributed by atoms with van der Waals surface area (Å²) >= 11 is 0. The maximum Gasteiger partial charge on any atom is 0.310 e. The van der Waals surface area contributed by atoms with Crippen LogP contribution >= 0.6 is 0 Å². The van der Waals surface area contributed by atoms with Crippen molar-refractivity contribution in [2.45, 2.75) is 44.9 Å². The van der Waals surface area contributed by atoms with Gasteiger partial charge in [-0.3, -0.25) is 0 Å². The Kier molecular flexibility index (Phi) is 5.91. The minimum absolute atomic E-state index is 0.511. The van der Waals surface area contributed by atoms with E-state index >= 15 is 0 Å². The minimum atomic E-state index is -0.511. The zero-order valence-corrected chi connectivity index (χ0v) is 17.8. The molecule has 148 valence electrons. The van der Waals surface area contributed by atoms with E-state index < -0.39 is 5.89 Å². The Balaban J connectivity index is 1.78. The monoisotopic (exact) mass is 391 g/mol. The first-order valence-electron chi connectivity index (χ1n) is 11.3. The molecule has 30 heavy (non-hydrogen) atoms. The first kappa shape index (κ1) is 18.7. The standard InChI is InChI=1S/C29H28N/c1-3-9-22-10-7-13-25(16-22)26-14-8-15-27(19-26)29-18-23(21-30-2)17-28(20-29)24-11-5-4-6-12-24/h7-8,10,13-20,24H,4-6,11-12H2,1-2H3/q+1/i24D. The third kappa shape index (κ3) is 4.64. The average Bonchev–Trinajstić information content (AvgIpc) is 2.80. The van der Waals surface area contributed by atoms with Gasteiger partial charge in [0.2, 0.25) is 0 Å². The lowest BCUT2D eigenvalue weighted by Crippen LogP contribution is -2.05. The van der Waals surface area contributed by atoms with Gasteiger partial charge in [-0.05, 0) is 83.8 Å². The van der Waals surface area contributed by atoms with Crippen LogP contribution in [0.25, 0.3) is 27.1 Å². The van der Waals surface area contributed by atoms with E-state index in [4.69, 9.17) is 1.37 Å². The molecule has 0 radical (unpaired) electrons. The molecule has 4 rings (SSSR count). The summed E-state index contributed by atoms with van der Waals surface area (Å²) in [6.07, 6.45) is 5.33. The topological polar surface area (TPSA) is 4.36 Å². The molecular weight excluding hydrogens is 362 g/mol. The summed E-state index contributed by atoms with van der Waals surface area (Å²) in [4.78, 5) is 4.12. The molecule has 3 aromatic rings. The van der Waals surface area contributed by atoms with Gasteiger partial charge in [-0.25, -0.2) is 0 Å². The van der Waals surface area contributed by atoms with E-state index in [1.165, 1.54) is 6.42 Å². The van der Waals surface area contributed by atoms with Crippen LogP contribution in [0, 0.1) is 17.9 Å². The molecule has 0 aromatic heterocycles. The first-order valence-corrected chi connectivity index (χ1v) is 10.8. The van der Waals surface area contributed by atoms with Crippen molar-refractivity contribution in [2.75, 3.05) is 7.05 Å². The van der Waals surface area contributed by atoms with Crippen molar-refractivity contribution in [3.8, 4) is 40.2 Å². The van der Waals surface area contributed by atoms with Crippen molar-refractivity contribution in [3.63, 3.8) is 0 Å². The third-order valence-electron chi connectivity index (χ3n) is 5.70. The molecule has 0 spiro atoms. The molecule has 0 atom stereocenters. The molecule has 0 saturated heterocycles. The first-order chi connectivity index (χ1) is 15.1. The van der Waals surface area contributed by atoms with Crippen LogP contribution < -0.4 is 0 Å². The molecule has 1 heteroatoms. The minimum Gasteiger partial charge on any atom is -0.101 e.